The Balaban J connectivity index is 1.75. The molecule has 4 nitrogen and oxygen atoms in total. The lowest BCUT2D eigenvalue weighted by molar-refractivity contribution is -0.128. The summed E-state index contributed by atoms with van der Waals surface area (Å²) < 4.78 is 11.5. The molecule has 2 aromatic carbocycles. The SMILES string of the molecule is CC[C@H](Oc1ccccc1C)C(=O)NCCCc1ccc(OC(C)C)cc1. The molecule has 0 heterocycles. The van der Waals surface area contributed by atoms with Crippen LogP contribution < -0.4 is 14.8 Å². The van der Waals surface area contributed by atoms with E-state index >= 15 is 0 Å². The van der Waals surface area contributed by atoms with Gasteiger partial charge in [0, 0.05) is 6.54 Å². The molecule has 1 N–H and O–H groups in total. The number of aryl methyl sites for hydroxylation is 2. The van der Waals surface area contributed by atoms with Gasteiger partial charge in [0.05, 0.1) is 6.10 Å². The number of hydrogen-bond acceptors (Lipinski definition) is 3. The van der Waals surface area contributed by atoms with Crippen LogP contribution in [0.1, 0.15) is 44.7 Å². The van der Waals surface area contributed by atoms with Crippen LogP contribution in [0.4, 0.5) is 0 Å². The summed E-state index contributed by atoms with van der Waals surface area (Å²) in [5, 5.41) is 2.99. The first kappa shape index (κ1) is 20.8. The fraction of sp³-hybridized carbons (Fsp3) is 0.435. The number of carbonyl (C=O) groups is 1. The fourth-order valence-electron chi connectivity index (χ4n) is 2.79. The van der Waals surface area contributed by atoms with Crippen molar-refractivity contribution in [1.82, 2.24) is 5.32 Å². The van der Waals surface area contributed by atoms with Gasteiger partial charge < -0.3 is 14.8 Å². The Labute approximate surface area is 162 Å². The molecular formula is C23H31NO3. The Hall–Kier alpha value is -2.49. The van der Waals surface area contributed by atoms with Crippen LogP contribution in [-0.2, 0) is 11.2 Å². The van der Waals surface area contributed by atoms with Crippen LogP contribution in [-0.4, -0.2) is 24.7 Å². The molecule has 0 aromatic heterocycles. The first-order chi connectivity index (χ1) is 13.0. The third-order valence-electron chi connectivity index (χ3n) is 4.26. The number of amides is 1. The van der Waals surface area contributed by atoms with E-state index in [1.807, 2.05) is 64.1 Å². The van der Waals surface area contributed by atoms with Crippen molar-refractivity contribution >= 4 is 5.91 Å². The van der Waals surface area contributed by atoms with E-state index in [0.717, 1.165) is 29.9 Å². The van der Waals surface area contributed by atoms with Gasteiger partial charge in [-0.3, -0.25) is 4.79 Å². The maximum absolute atomic E-state index is 12.4. The van der Waals surface area contributed by atoms with E-state index in [2.05, 4.69) is 17.4 Å². The topological polar surface area (TPSA) is 47.6 Å². The van der Waals surface area contributed by atoms with Crippen LogP contribution in [0, 0.1) is 6.92 Å². The average molecular weight is 370 g/mol. The van der Waals surface area contributed by atoms with Crippen LogP contribution in [0.25, 0.3) is 0 Å². The molecule has 1 amide bonds. The highest BCUT2D eigenvalue weighted by molar-refractivity contribution is 5.81. The number of ether oxygens (including phenoxy) is 2. The Morgan fingerprint density at radius 3 is 2.37 bits per heavy atom. The summed E-state index contributed by atoms with van der Waals surface area (Å²) in [5.74, 6) is 1.60. The molecule has 1 atom stereocenters. The third-order valence-corrected chi connectivity index (χ3v) is 4.26. The van der Waals surface area contributed by atoms with Gasteiger partial charge in [-0.25, -0.2) is 0 Å². The largest absolute Gasteiger partial charge is 0.491 e. The smallest absolute Gasteiger partial charge is 0.261 e. The van der Waals surface area contributed by atoms with Crippen molar-refractivity contribution in [2.75, 3.05) is 6.54 Å². The molecule has 0 spiro atoms. The van der Waals surface area contributed by atoms with Gasteiger partial charge in [-0.2, -0.15) is 0 Å². The Morgan fingerprint density at radius 1 is 1.04 bits per heavy atom. The van der Waals surface area contributed by atoms with Crippen molar-refractivity contribution in [3.63, 3.8) is 0 Å². The van der Waals surface area contributed by atoms with Crippen LogP contribution >= 0.6 is 0 Å². The summed E-state index contributed by atoms with van der Waals surface area (Å²) in [7, 11) is 0. The first-order valence-electron chi connectivity index (χ1n) is 9.75. The normalized spacial score (nSPS) is 11.9. The summed E-state index contributed by atoms with van der Waals surface area (Å²) in [6, 6.07) is 15.9. The molecule has 146 valence electrons. The highest BCUT2D eigenvalue weighted by atomic mass is 16.5. The highest BCUT2D eigenvalue weighted by Gasteiger charge is 2.18. The van der Waals surface area contributed by atoms with E-state index in [1.165, 1.54) is 5.56 Å². The molecule has 0 unspecified atom stereocenters. The molecule has 2 aromatic rings. The number of rotatable bonds is 10. The lowest BCUT2D eigenvalue weighted by Crippen LogP contribution is -2.38. The molecular weight excluding hydrogens is 338 g/mol. The maximum Gasteiger partial charge on any atom is 0.261 e. The average Bonchev–Trinajstić information content (AvgIpc) is 2.65. The van der Waals surface area contributed by atoms with Crippen LogP contribution in [0.15, 0.2) is 48.5 Å². The summed E-state index contributed by atoms with van der Waals surface area (Å²) in [5.41, 5.74) is 2.28. The van der Waals surface area contributed by atoms with Gasteiger partial charge in [-0.15, -0.1) is 0 Å². The van der Waals surface area contributed by atoms with Crippen molar-refractivity contribution in [2.24, 2.45) is 0 Å². The first-order valence-corrected chi connectivity index (χ1v) is 9.75. The van der Waals surface area contributed by atoms with Crippen LogP contribution in [0.2, 0.25) is 0 Å². The Bertz CT molecular complexity index is 710. The lowest BCUT2D eigenvalue weighted by Gasteiger charge is -2.18. The molecule has 0 aliphatic rings. The van der Waals surface area contributed by atoms with E-state index in [9.17, 15) is 4.79 Å². The van der Waals surface area contributed by atoms with E-state index in [0.29, 0.717) is 13.0 Å². The second-order valence-corrected chi connectivity index (χ2v) is 6.99. The zero-order valence-electron chi connectivity index (χ0n) is 16.8. The minimum Gasteiger partial charge on any atom is -0.491 e. The van der Waals surface area contributed by atoms with E-state index in [4.69, 9.17) is 9.47 Å². The number of nitrogens with one attached hydrogen (secondary N) is 1. The van der Waals surface area contributed by atoms with Gasteiger partial charge in [0.1, 0.15) is 11.5 Å². The quantitative estimate of drug-likeness (QED) is 0.618. The second kappa shape index (κ2) is 10.6. The number of benzene rings is 2. The van der Waals surface area contributed by atoms with Crippen LogP contribution in [0.5, 0.6) is 11.5 Å². The minimum absolute atomic E-state index is 0.0542. The number of hydrogen-bond donors (Lipinski definition) is 1. The number of para-hydroxylation sites is 1. The molecule has 4 heteroatoms. The summed E-state index contributed by atoms with van der Waals surface area (Å²) in [4.78, 5) is 12.4. The van der Waals surface area contributed by atoms with Crippen molar-refractivity contribution < 1.29 is 14.3 Å². The van der Waals surface area contributed by atoms with Gasteiger partial charge in [-0.05, 0) is 69.4 Å². The maximum atomic E-state index is 12.4. The molecule has 0 fully saturated rings. The molecule has 0 saturated carbocycles. The van der Waals surface area contributed by atoms with Gasteiger partial charge >= 0.3 is 0 Å². The van der Waals surface area contributed by atoms with Gasteiger partial charge in [-0.1, -0.05) is 37.3 Å². The van der Waals surface area contributed by atoms with E-state index in [-0.39, 0.29) is 12.0 Å². The predicted octanol–water partition coefficient (Wildman–Crippen LogP) is 4.69. The van der Waals surface area contributed by atoms with E-state index in [1.54, 1.807) is 0 Å². The van der Waals surface area contributed by atoms with Crippen molar-refractivity contribution in [3.8, 4) is 11.5 Å². The number of carbonyl (C=O) groups excluding carboxylic acids is 1. The minimum atomic E-state index is -0.460. The Morgan fingerprint density at radius 2 is 1.74 bits per heavy atom. The molecule has 0 aliphatic heterocycles. The second-order valence-electron chi connectivity index (χ2n) is 6.99. The summed E-state index contributed by atoms with van der Waals surface area (Å²) in [6.45, 7) is 8.61. The monoisotopic (exact) mass is 369 g/mol. The molecule has 27 heavy (non-hydrogen) atoms. The third kappa shape index (κ3) is 6.97. The molecule has 0 radical (unpaired) electrons. The van der Waals surface area contributed by atoms with Gasteiger partial charge in [0.15, 0.2) is 6.10 Å². The Kier molecular flexibility index (Phi) is 8.18. The molecule has 0 aliphatic carbocycles. The zero-order valence-corrected chi connectivity index (χ0v) is 16.8. The predicted molar refractivity (Wildman–Crippen MR) is 109 cm³/mol. The summed E-state index contributed by atoms with van der Waals surface area (Å²) in [6.07, 6.45) is 2.16. The lowest BCUT2D eigenvalue weighted by atomic mass is 10.1. The molecule has 2 rings (SSSR count). The standard InChI is InChI=1S/C23H31NO3/c1-5-21(27-22-11-7-6-9-18(22)4)23(25)24-16-8-10-19-12-14-20(15-13-19)26-17(2)3/h6-7,9,11-15,17,21H,5,8,10,16H2,1-4H3,(H,24,25)/t21-/m0/s1. The van der Waals surface area contributed by atoms with Gasteiger partial charge in [0.25, 0.3) is 5.91 Å². The van der Waals surface area contributed by atoms with Crippen LogP contribution in [0.3, 0.4) is 0 Å². The van der Waals surface area contributed by atoms with E-state index < -0.39 is 6.10 Å². The summed E-state index contributed by atoms with van der Waals surface area (Å²) >= 11 is 0. The zero-order chi connectivity index (χ0) is 19.6. The van der Waals surface area contributed by atoms with Crippen molar-refractivity contribution in [2.45, 2.75) is 59.2 Å². The van der Waals surface area contributed by atoms with Crippen molar-refractivity contribution in [1.29, 1.82) is 0 Å². The molecule has 0 saturated heterocycles. The fourth-order valence-corrected chi connectivity index (χ4v) is 2.79. The molecule has 0 bridgehead atoms. The van der Waals surface area contributed by atoms with Crippen molar-refractivity contribution in [3.05, 3.63) is 59.7 Å². The van der Waals surface area contributed by atoms with Gasteiger partial charge in [0.2, 0.25) is 0 Å². The highest BCUT2D eigenvalue weighted by Crippen LogP contribution is 2.19.